The molecule has 1 heterocycles. The van der Waals surface area contributed by atoms with Crippen molar-refractivity contribution in [3.8, 4) is 22.6 Å². The van der Waals surface area contributed by atoms with Gasteiger partial charge >= 0.3 is 0 Å². The SMILES string of the molecule is Nc1ccc(-c2onc3c2CCc2ccccc2-3)cc1. The quantitative estimate of drug-likeness (QED) is 0.680. The van der Waals surface area contributed by atoms with E-state index in [-0.39, 0.29) is 0 Å². The van der Waals surface area contributed by atoms with E-state index in [0.717, 1.165) is 35.5 Å². The van der Waals surface area contributed by atoms with Gasteiger partial charge in [0.1, 0.15) is 5.69 Å². The fourth-order valence-corrected chi connectivity index (χ4v) is 2.84. The van der Waals surface area contributed by atoms with Gasteiger partial charge in [0.2, 0.25) is 0 Å². The molecule has 2 N–H and O–H groups in total. The van der Waals surface area contributed by atoms with E-state index >= 15 is 0 Å². The molecule has 3 nitrogen and oxygen atoms in total. The first-order valence-corrected chi connectivity index (χ1v) is 6.75. The van der Waals surface area contributed by atoms with Crippen LogP contribution in [0.2, 0.25) is 0 Å². The molecule has 1 aliphatic rings. The lowest BCUT2D eigenvalue weighted by molar-refractivity contribution is 0.434. The zero-order valence-electron chi connectivity index (χ0n) is 11.0. The average molecular weight is 262 g/mol. The van der Waals surface area contributed by atoms with E-state index in [9.17, 15) is 0 Å². The van der Waals surface area contributed by atoms with E-state index in [0.29, 0.717) is 0 Å². The molecule has 0 saturated heterocycles. The Morgan fingerprint density at radius 1 is 0.950 bits per heavy atom. The second-order valence-corrected chi connectivity index (χ2v) is 5.12. The number of hydrogen-bond donors (Lipinski definition) is 1. The lowest BCUT2D eigenvalue weighted by Crippen LogP contribution is -2.03. The van der Waals surface area contributed by atoms with Crippen molar-refractivity contribution >= 4 is 5.69 Å². The van der Waals surface area contributed by atoms with E-state index in [2.05, 4.69) is 23.4 Å². The van der Waals surface area contributed by atoms with Crippen LogP contribution in [0.15, 0.2) is 53.1 Å². The number of rotatable bonds is 1. The van der Waals surface area contributed by atoms with Gasteiger partial charge in [0.15, 0.2) is 5.76 Å². The van der Waals surface area contributed by atoms with Crippen LogP contribution in [0.1, 0.15) is 11.1 Å². The zero-order chi connectivity index (χ0) is 13.5. The first-order valence-electron chi connectivity index (χ1n) is 6.75. The molecule has 0 bridgehead atoms. The maximum Gasteiger partial charge on any atom is 0.170 e. The van der Waals surface area contributed by atoms with Crippen LogP contribution >= 0.6 is 0 Å². The standard InChI is InChI=1S/C17H14N2O/c18-13-8-5-12(6-9-13)17-15-10-7-11-3-1-2-4-14(11)16(15)19-20-17/h1-6,8-9H,7,10,18H2. The first-order chi connectivity index (χ1) is 9.83. The fourth-order valence-electron chi connectivity index (χ4n) is 2.84. The summed E-state index contributed by atoms with van der Waals surface area (Å²) in [6, 6.07) is 16.1. The van der Waals surface area contributed by atoms with Crippen molar-refractivity contribution < 1.29 is 4.52 Å². The number of aromatic nitrogens is 1. The lowest BCUT2D eigenvalue weighted by atomic mass is 9.88. The molecule has 4 rings (SSSR count). The number of benzene rings is 2. The van der Waals surface area contributed by atoms with Crippen LogP contribution in [0.3, 0.4) is 0 Å². The highest BCUT2D eigenvalue weighted by Gasteiger charge is 2.24. The normalized spacial score (nSPS) is 12.8. The molecule has 0 aliphatic heterocycles. The largest absolute Gasteiger partial charge is 0.399 e. The summed E-state index contributed by atoms with van der Waals surface area (Å²) in [5, 5.41) is 4.29. The topological polar surface area (TPSA) is 52.0 Å². The third kappa shape index (κ3) is 1.63. The van der Waals surface area contributed by atoms with Crippen molar-refractivity contribution in [3.63, 3.8) is 0 Å². The summed E-state index contributed by atoms with van der Waals surface area (Å²) in [7, 11) is 0. The third-order valence-electron chi connectivity index (χ3n) is 3.88. The Labute approximate surface area is 117 Å². The molecule has 3 heteroatoms. The minimum absolute atomic E-state index is 0.757. The van der Waals surface area contributed by atoms with Crippen LogP contribution in [0.4, 0.5) is 5.69 Å². The molecule has 1 aromatic heterocycles. The minimum atomic E-state index is 0.757. The highest BCUT2D eigenvalue weighted by molar-refractivity contribution is 5.76. The summed E-state index contributed by atoms with van der Waals surface area (Å²) >= 11 is 0. The van der Waals surface area contributed by atoms with Gasteiger partial charge in [-0.2, -0.15) is 0 Å². The van der Waals surface area contributed by atoms with Crippen LogP contribution in [-0.4, -0.2) is 5.16 Å². The van der Waals surface area contributed by atoms with Crippen molar-refractivity contribution in [2.75, 3.05) is 5.73 Å². The van der Waals surface area contributed by atoms with Crippen LogP contribution < -0.4 is 5.73 Å². The van der Waals surface area contributed by atoms with Gasteiger partial charge in [-0.15, -0.1) is 0 Å². The number of anilines is 1. The zero-order valence-corrected chi connectivity index (χ0v) is 11.0. The van der Waals surface area contributed by atoms with Gasteiger partial charge in [-0.25, -0.2) is 0 Å². The fraction of sp³-hybridized carbons (Fsp3) is 0.118. The number of nitrogens with zero attached hydrogens (tertiary/aromatic N) is 1. The number of aryl methyl sites for hydroxylation is 1. The monoisotopic (exact) mass is 262 g/mol. The molecule has 98 valence electrons. The highest BCUT2D eigenvalue weighted by Crippen LogP contribution is 2.38. The molecule has 1 aliphatic carbocycles. The van der Waals surface area contributed by atoms with Crippen molar-refractivity contribution in [2.24, 2.45) is 0 Å². The van der Waals surface area contributed by atoms with Gasteiger partial charge in [-0.3, -0.25) is 0 Å². The molecule has 3 aromatic rings. The number of hydrogen-bond acceptors (Lipinski definition) is 3. The third-order valence-corrected chi connectivity index (χ3v) is 3.88. The van der Waals surface area contributed by atoms with Gasteiger partial charge in [0.25, 0.3) is 0 Å². The lowest BCUT2D eigenvalue weighted by Gasteiger charge is -2.14. The molecule has 0 unspecified atom stereocenters. The van der Waals surface area contributed by atoms with Crippen molar-refractivity contribution in [1.29, 1.82) is 0 Å². The van der Waals surface area contributed by atoms with Crippen molar-refractivity contribution in [2.45, 2.75) is 12.8 Å². The van der Waals surface area contributed by atoms with Gasteiger partial charge in [-0.1, -0.05) is 29.4 Å². The molecule has 0 atom stereocenters. The van der Waals surface area contributed by atoms with Crippen LogP contribution in [0.5, 0.6) is 0 Å². The predicted molar refractivity (Wildman–Crippen MR) is 79.2 cm³/mol. The Morgan fingerprint density at radius 2 is 1.75 bits per heavy atom. The molecule has 2 aromatic carbocycles. The van der Waals surface area contributed by atoms with E-state index in [4.69, 9.17) is 10.3 Å². The van der Waals surface area contributed by atoms with E-state index in [1.54, 1.807) is 0 Å². The Morgan fingerprint density at radius 3 is 2.60 bits per heavy atom. The number of fused-ring (bicyclic) bond motifs is 3. The van der Waals surface area contributed by atoms with Gasteiger partial charge in [0.05, 0.1) is 0 Å². The molecule has 0 saturated carbocycles. The van der Waals surface area contributed by atoms with Crippen LogP contribution in [-0.2, 0) is 12.8 Å². The summed E-state index contributed by atoms with van der Waals surface area (Å²) in [6.07, 6.45) is 2.00. The van der Waals surface area contributed by atoms with E-state index < -0.39 is 0 Å². The smallest absolute Gasteiger partial charge is 0.170 e. The summed E-state index contributed by atoms with van der Waals surface area (Å²) < 4.78 is 5.61. The predicted octanol–water partition coefficient (Wildman–Crippen LogP) is 3.69. The van der Waals surface area contributed by atoms with Crippen LogP contribution in [0, 0.1) is 0 Å². The van der Waals surface area contributed by atoms with E-state index in [1.807, 2.05) is 30.3 Å². The second kappa shape index (κ2) is 4.23. The maximum absolute atomic E-state index is 5.73. The van der Waals surface area contributed by atoms with Crippen molar-refractivity contribution in [3.05, 3.63) is 59.7 Å². The minimum Gasteiger partial charge on any atom is -0.399 e. The summed E-state index contributed by atoms with van der Waals surface area (Å²) in [4.78, 5) is 0. The molecule has 0 fully saturated rings. The van der Waals surface area contributed by atoms with E-state index in [1.165, 1.54) is 16.7 Å². The molecular formula is C17H14N2O. The average Bonchev–Trinajstić information content (AvgIpc) is 2.92. The summed E-state index contributed by atoms with van der Waals surface area (Å²) in [5.41, 5.74) is 12.3. The Kier molecular flexibility index (Phi) is 2.39. The van der Waals surface area contributed by atoms with Crippen molar-refractivity contribution in [1.82, 2.24) is 5.16 Å². The Hall–Kier alpha value is -2.55. The molecule has 0 spiro atoms. The summed E-state index contributed by atoms with van der Waals surface area (Å²) in [5.74, 6) is 0.870. The Balaban J connectivity index is 1.87. The number of nitrogens with two attached hydrogens (primary N) is 1. The number of nitrogen functional groups attached to an aromatic ring is 1. The molecule has 0 radical (unpaired) electrons. The summed E-state index contributed by atoms with van der Waals surface area (Å²) in [6.45, 7) is 0. The van der Waals surface area contributed by atoms with Gasteiger partial charge in [0, 0.05) is 22.4 Å². The maximum atomic E-state index is 5.73. The molecule has 20 heavy (non-hydrogen) atoms. The van der Waals surface area contributed by atoms with Gasteiger partial charge < -0.3 is 10.3 Å². The Bertz CT molecular complexity index is 772. The van der Waals surface area contributed by atoms with Crippen LogP contribution in [0.25, 0.3) is 22.6 Å². The van der Waals surface area contributed by atoms with Gasteiger partial charge in [-0.05, 0) is 42.7 Å². The highest BCUT2D eigenvalue weighted by atomic mass is 16.5. The second-order valence-electron chi connectivity index (χ2n) is 5.12. The molecule has 0 amide bonds. The first kappa shape index (κ1) is 11.3. The molecular weight excluding hydrogens is 248 g/mol.